The number of amides is 1. The fourth-order valence-electron chi connectivity index (χ4n) is 2.81. The van der Waals surface area contributed by atoms with Gasteiger partial charge in [-0.05, 0) is 36.5 Å². The smallest absolute Gasteiger partial charge is 0.250 e. The maximum absolute atomic E-state index is 11.5. The summed E-state index contributed by atoms with van der Waals surface area (Å²) in [6.45, 7) is 4.69. The number of anilines is 2. The van der Waals surface area contributed by atoms with E-state index in [2.05, 4.69) is 24.5 Å². The van der Waals surface area contributed by atoms with Crippen LogP contribution in [0.25, 0.3) is 0 Å². The van der Waals surface area contributed by atoms with Gasteiger partial charge in [0.2, 0.25) is 5.91 Å². The quantitative estimate of drug-likeness (QED) is 0.868. The van der Waals surface area contributed by atoms with Gasteiger partial charge in [-0.2, -0.15) is 0 Å². The van der Waals surface area contributed by atoms with Gasteiger partial charge in [0, 0.05) is 24.5 Å². The largest absolute Gasteiger partial charge is 0.382 e. The molecule has 1 saturated carbocycles. The Morgan fingerprint density at radius 3 is 2.80 bits per heavy atom. The van der Waals surface area contributed by atoms with E-state index in [9.17, 15) is 4.79 Å². The lowest BCUT2D eigenvalue weighted by molar-refractivity contribution is -0.119. The van der Waals surface area contributed by atoms with Gasteiger partial charge in [0.15, 0.2) is 0 Å². The number of nitrogens with one attached hydrogen (secondary N) is 2. The maximum atomic E-state index is 11.5. The third-order valence-electron chi connectivity index (χ3n) is 4.02. The molecule has 0 aliphatic heterocycles. The Hall–Kier alpha value is -1.55. The molecule has 1 unspecified atom stereocenters. The van der Waals surface area contributed by atoms with Crippen molar-refractivity contribution in [1.29, 1.82) is 0 Å². The molecule has 1 aliphatic rings. The van der Waals surface area contributed by atoms with Crippen LogP contribution in [0.1, 0.15) is 33.1 Å². The first-order chi connectivity index (χ1) is 9.51. The van der Waals surface area contributed by atoms with Gasteiger partial charge in [0.1, 0.15) is 6.61 Å². The molecule has 0 saturated heterocycles. The molecule has 0 bridgehead atoms. The Kier molecular flexibility index (Phi) is 4.65. The SMILES string of the molecule is COCC(=O)Nc1cccc(NC2CCCC2(C)C)c1. The summed E-state index contributed by atoms with van der Waals surface area (Å²) < 4.78 is 4.81. The van der Waals surface area contributed by atoms with Gasteiger partial charge in [0.05, 0.1) is 0 Å². The zero-order chi connectivity index (χ0) is 14.6. The summed E-state index contributed by atoms with van der Waals surface area (Å²) in [4.78, 5) is 11.5. The number of hydrogen-bond acceptors (Lipinski definition) is 3. The van der Waals surface area contributed by atoms with Crippen molar-refractivity contribution in [3.8, 4) is 0 Å². The van der Waals surface area contributed by atoms with E-state index in [1.165, 1.54) is 26.4 Å². The van der Waals surface area contributed by atoms with Crippen LogP contribution in [0.2, 0.25) is 0 Å². The van der Waals surface area contributed by atoms with E-state index in [-0.39, 0.29) is 12.5 Å². The Morgan fingerprint density at radius 1 is 1.40 bits per heavy atom. The molecule has 1 fully saturated rings. The molecule has 4 heteroatoms. The van der Waals surface area contributed by atoms with E-state index >= 15 is 0 Å². The van der Waals surface area contributed by atoms with Crippen molar-refractivity contribution < 1.29 is 9.53 Å². The van der Waals surface area contributed by atoms with Crippen molar-refractivity contribution in [2.45, 2.75) is 39.2 Å². The number of benzene rings is 1. The Morgan fingerprint density at radius 2 is 2.15 bits per heavy atom. The molecule has 110 valence electrons. The van der Waals surface area contributed by atoms with Crippen LogP contribution in [-0.4, -0.2) is 25.7 Å². The van der Waals surface area contributed by atoms with Crippen LogP contribution in [0.5, 0.6) is 0 Å². The summed E-state index contributed by atoms with van der Waals surface area (Å²) >= 11 is 0. The zero-order valence-corrected chi connectivity index (χ0v) is 12.5. The summed E-state index contributed by atoms with van der Waals surface area (Å²) in [6, 6.07) is 8.35. The molecular weight excluding hydrogens is 252 g/mol. The monoisotopic (exact) mass is 276 g/mol. The highest BCUT2D eigenvalue weighted by atomic mass is 16.5. The number of carbonyl (C=O) groups is 1. The first-order valence-electron chi connectivity index (χ1n) is 7.17. The summed E-state index contributed by atoms with van der Waals surface area (Å²) in [6.07, 6.45) is 3.73. The van der Waals surface area contributed by atoms with Crippen LogP contribution in [0.15, 0.2) is 24.3 Å². The van der Waals surface area contributed by atoms with Gasteiger partial charge in [-0.3, -0.25) is 4.79 Å². The fourth-order valence-corrected chi connectivity index (χ4v) is 2.81. The standard InChI is InChI=1S/C16H24N2O2/c1-16(2)9-5-8-14(16)17-12-6-4-7-13(10-12)18-15(19)11-20-3/h4,6-7,10,14,17H,5,8-9,11H2,1-3H3,(H,18,19). The van der Waals surface area contributed by atoms with Crippen molar-refractivity contribution >= 4 is 17.3 Å². The van der Waals surface area contributed by atoms with Crippen molar-refractivity contribution in [3.05, 3.63) is 24.3 Å². The van der Waals surface area contributed by atoms with Crippen molar-refractivity contribution in [2.75, 3.05) is 24.4 Å². The molecule has 0 aromatic heterocycles. The van der Waals surface area contributed by atoms with Crippen LogP contribution < -0.4 is 10.6 Å². The van der Waals surface area contributed by atoms with Crippen molar-refractivity contribution in [3.63, 3.8) is 0 Å². The topological polar surface area (TPSA) is 50.4 Å². The summed E-state index contributed by atoms with van der Waals surface area (Å²) in [7, 11) is 1.51. The van der Waals surface area contributed by atoms with Gasteiger partial charge >= 0.3 is 0 Å². The highest BCUT2D eigenvalue weighted by Gasteiger charge is 2.34. The number of methoxy groups -OCH3 is 1. The van der Waals surface area contributed by atoms with Gasteiger partial charge in [-0.1, -0.05) is 26.3 Å². The number of ether oxygens (including phenoxy) is 1. The fraction of sp³-hybridized carbons (Fsp3) is 0.562. The molecule has 1 aliphatic carbocycles. The third-order valence-corrected chi connectivity index (χ3v) is 4.02. The maximum Gasteiger partial charge on any atom is 0.250 e. The van der Waals surface area contributed by atoms with Gasteiger partial charge in [-0.15, -0.1) is 0 Å². The molecule has 1 aromatic rings. The van der Waals surface area contributed by atoms with Crippen molar-refractivity contribution in [2.24, 2.45) is 5.41 Å². The summed E-state index contributed by atoms with van der Waals surface area (Å²) in [5.74, 6) is -0.133. The molecule has 1 atom stereocenters. The lowest BCUT2D eigenvalue weighted by Gasteiger charge is -2.28. The minimum absolute atomic E-state index is 0.0767. The van der Waals surface area contributed by atoms with Crippen LogP contribution in [-0.2, 0) is 9.53 Å². The average molecular weight is 276 g/mol. The zero-order valence-electron chi connectivity index (χ0n) is 12.5. The van der Waals surface area contributed by atoms with Crippen LogP contribution in [0.4, 0.5) is 11.4 Å². The Balaban J connectivity index is 2.01. The van der Waals surface area contributed by atoms with E-state index in [0.717, 1.165) is 11.4 Å². The van der Waals surface area contributed by atoms with E-state index in [4.69, 9.17) is 4.74 Å². The number of carbonyl (C=O) groups excluding carboxylic acids is 1. The van der Waals surface area contributed by atoms with Crippen LogP contribution in [0, 0.1) is 5.41 Å². The molecular formula is C16H24N2O2. The Labute approximate surface area is 120 Å². The second kappa shape index (κ2) is 6.27. The summed E-state index contributed by atoms with van der Waals surface area (Å²) in [5.41, 5.74) is 2.18. The molecule has 1 aromatic carbocycles. The van der Waals surface area contributed by atoms with Gasteiger partial charge in [0.25, 0.3) is 0 Å². The molecule has 4 nitrogen and oxygen atoms in total. The highest BCUT2D eigenvalue weighted by molar-refractivity contribution is 5.92. The predicted molar refractivity (Wildman–Crippen MR) is 82.0 cm³/mol. The minimum atomic E-state index is -0.133. The number of rotatable bonds is 5. The van der Waals surface area contributed by atoms with Gasteiger partial charge < -0.3 is 15.4 Å². The average Bonchev–Trinajstić information content (AvgIpc) is 2.69. The molecule has 0 heterocycles. The predicted octanol–water partition coefficient (Wildman–Crippen LogP) is 3.26. The van der Waals surface area contributed by atoms with E-state index in [1.54, 1.807) is 0 Å². The highest BCUT2D eigenvalue weighted by Crippen LogP contribution is 2.39. The lowest BCUT2D eigenvalue weighted by atomic mass is 9.87. The van der Waals surface area contributed by atoms with Gasteiger partial charge in [-0.25, -0.2) is 0 Å². The molecule has 1 amide bonds. The van der Waals surface area contributed by atoms with E-state index < -0.39 is 0 Å². The van der Waals surface area contributed by atoms with E-state index in [1.807, 2.05) is 24.3 Å². The second-order valence-electron chi connectivity index (χ2n) is 6.14. The first kappa shape index (κ1) is 14.9. The van der Waals surface area contributed by atoms with Crippen LogP contribution >= 0.6 is 0 Å². The molecule has 2 N–H and O–H groups in total. The number of hydrogen-bond donors (Lipinski definition) is 2. The normalized spacial score (nSPS) is 20.6. The van der Waals surface area contributed by atoms with E-state index in [0.29, 0.717) is 11.5 Å². The molecule has 20 heavy (non-hydrogen) atoms. The van der Waals surface area contributed by atoms with Crippen molar-refractivity contribution in [1.82, 2.24) is 0 Å². The molecule has 0 spiro atoms. The minimum Gasteiger partial charge on any atom is -0.382 e. The lowest BCUT2D eigenvalue weighted by Crippen LogP contribution is -2.30. The third kappa shape index (κ3) is 3.73. The Bertz CT molecular complexity index is 471. The first-order valence-corrected chi connectivity index (χ1v) is 7.17. The molecule has 0 radical (unpaired) electrons. The van der Waals surface area contributed by atoms with Crippen LogP contribution in [0.3, 0.4) is 0 Å². The second-order valence-corrected chi connectivity index (χ2v) is 6.14. The summed E-state index contributed by atoms with van der Waals surface area (Å²) in [5, 5.41) is 6.42. The molecule has 2 rings (SSSR count).